The number of halogens is 3. The zero-order valence-corrected chi connectivity index (χ0v) is 9.28. The number of hydrogen-bond donors (Lipinski definition) is 3. The van der Waals surface area contributed by atoms with E-state index in [1.54, 1.807) is 5.32 Å². The Morgan fingerprint density at radius 3 is 2.53 bits per heavy atom. The van der Waals surface area contributed by atoms with Gasteiger partial charge in [0.15, 0.2) is 5.79 Å². The summed E-state index contributed by atoms with van der Waals surface area (Å²) >= 11 is 0. The molecule has 1 aliphatic rings. The largest absolute Gasteiger partial charge is 0.471 e. The lowest BCUT2D eigenvalue weighted by Crippen LogP contribution is -2.60. The molecule has 0 aliphatic carbocycles. The molecule has 0 bridgehead atoms. The van der Waals surface area contributed by atoms with Crippen molar-refractivity contribution in [1.29, 1.82) is 0 Å². The maximum absolute atomic E-state index is 12.0. The lowest BCUT2D eigenvalue weighted by atomic mass is 9.94. The highest BCUT2D eigenvalue weighted by Crippen LogP contribution is 2.27. The highest BCUT2D eigenvalue weighted by Gasteiger charge is 2.46. The second kappa shape index (κ2) is 4.43. The SMILES string of the molecule is C[C@@H]1O[C@@](C)(O)C[C@H](NC(=O)C(F)(F)F)[C@H]1O. The molecular formula is C9H14F3NO4. The molecule has 0 aromatic heterocycles. The molecule has 17 heavy (non-hydrogen) atoms. The van der Waals surface area contributed by atoms with Crippen molar-refractivity contribution in [3.8, 4) is 0 Å². The highest BCUT2D eigenvalue weighted by molar-refractivity contribution is 5.82. The first-order valence-electron chi connectivity index (χ1n) is 4.99. The van der Waals surface area contributed by atoms with E-state index in [9.17, 15) is 28.2 Å². The number of ether oxygens (including phenoxy) is 1. The summed E-state index contributed by atoms with van der Waals surface area (Å²) in [5, 5.41) is 20.8. The number of aliphatic hydroxyl groups excluding tert-OH is 1. The van der Waals surface area contributed by atoms with Gasteiger partial charge < -0.3 is 20.3 Å². The third kappa shape index (κ3) is 3.55. The Balaban J connectivity index is 2.72. The summed E-state index contributed by atoms with van der Waals surface area (Å²) in [6, 6.07) is -1.21. The molecule has 0 unspecified atom stereocenters. The van der Waals surface area contributed by atoms with Crippen LogP contribution in [0.25, 0.3) is 0 Å². The van der Waals surface area contributed by atoms with Gasteiger partial charge in [0, 0.05) is 6.42 Å². The summed E-state index contributed by atoms with van der Waals surface area (Å²) in [6.07, 6.45) is -7.52. The molecule has 5 nitrogen and oxygen atoms in total. The number of carbonyl (C=O) groups excluding carboxylic acids is 1. The standard InChI is InChI=1S/C9H14F3NO4/c1-4-6(14)5(3-8(2,16)17-4)13-7(15)9(10,11)12/h4-6,14,16H,3H2,1-2H3,(H,13,15)/t4-,5-,6-,8+/m0/s1. The van der Waals surface area contributed by atoms with E-state index in [0.717, 1.165) is 0 Å². The van der Waals surface area contributed by atoms with Gasteiger partial charge in [-0.15, -0.1) is 0 Å². The van der Waals surface area contributed by atoms with Gasteiger partial charge in [-0.2, -0.15) is 13.2 Å². The summed E-state index contributed by atoms with van der Waals surface area (Å²) < 4.78 is 41.1. The van der Waals surface area contributed by atoms with E-state index >= 15 is 0 Å². The predicted molar refractivity (Wildman–Crippen MR) is 49.8 cm³/mol. The van der Waals surface area contributed by atoms with Crippen molar-refractivity contribution in [2.45, 2.75) is 50.5 Å². The average molecular weight is 257 g/mol. The summed E-state index contributed by atoms with van der Waals surface area (Å²) in [6.45, 7) is 2.65. The Hall–Kier alpha value is -0.860. The summed E-state index contributed by atoms with van der Waals surface area (Å²) in [4.78, 5) is 10.7. The van der Waals surface area contributed by atoms with E-state index in [-0.39, 0.29) is 6.42 Å². The zero-order chi connectivity index (χ0) is 13.4. The molecule has 1 rings (SSSR count). The molecule has 1 saturated heterocycles. The Labute approximate surface area is 95.6 Å². The fourth-order valence-electron chi connectivity index (χ4n) is 1.76. The minimum absolute atomic E-state index is 0.319. The van der Waals surface area contributed by atoms with E-state index in [1.165, 1.54) is 13.8 Å². The second-order valence-electron chi connectivity index (χ2n) is 4.27. The lowest BCUT2D eigenvalue weighted by Gasteiger charge is -2.41. The Kier molecular flexibility index (Phi) is 3.70. The normalized spacial score (nSPS) is 38.9. The molecule has 0 saturated carbocycles. The van der Waals surface area contributed by atoms with Gasteiger partial charge in [0.2, 0.25) is 0 Å². The van der Waals surface area contributed by atoms with E-state index in [4.69, 9.17) is 4.74 Å². The van der Waals surface area contributed by atoms with Crippen LogP contribution in [0.4, 0.5) is 13.2 Å². The number of amides is 1. The van der Waals surface area contributed by atoms with Gasteiger partial charge >= 0.3 is 12.1 Å². The van der Waals surface area contributed by atoms with E-state index < -0.39 is 36.1 Å². The van der Waals surface area contributed by atoms with Crippen LogP contribution in [0.3, 0.4) is 0 Å². The molecule has 0 spiro atoms. The van der Waals surface area contributed by atoms with E-state index in [1.807, 2.05) is 0 Å². The van der Waals surface area contributed by atoms with Gasteiger partial charge in [0.1, 0.15) is 6.10 Å². The molecule has 8 heteroatoms. The van der Waals surface area contributed by atoms with Crippen LogP contribution in [0, 0.1) is 0 Å². The first-order chi connectivity index (χ1) is 7.53. The first kappa shape index (κ1) is 14.2. The van der Waals surface area contributed by atoms with Crippen LogP contribution >= 0.6 is 0 Å². The summed E-state index contributed by atoms with van der Waals surface area (Å²) in [5.74, 6) is -3.83. The smallest absolute Gasteiger partial charge is 0.388 e. The molecule has 1 amide bonds. The van der Waals surface area contributed by atoms with Gasteiger partial charge in [-0.1, -0.05) is 0 Å². The number of alkyl halides is 3. The third-order valence-electron chi connectivity index (χ3n) is 2.51. The monoisotopic (exact) mass is 257 g/mol. The van der Waals surface area contributed by atoms with Crippen LogP contribution in [-0.2, 0) is 9.53 Å². The van der Waals surface area contributed by atoms with Crippen molar-refractivity contribution in [1.82, 2.24) is 5.32 Å². The van der Waals surface area contributed by atoms with E-state index in [0.29, 0.717) is 0 Å². The maximum atomic E-state index is 12.0. The predicted octanol–water partition coefficient (Wildman–Crippen LogP) is -0.0883. The third-order valence-corrected chi connectivity index (χ3v) is 2.51. The number of nitrogens with one attached hydrogen (secondary N) is 1. The van der Waals surface area contributed by atoms with Gasteiger partial charge in [0.25, 0.3) is 0 Å². The van der Waals surface area contributed by atoms with Gasteiger partial charge in [-0.25, -0.2) is 0 Å². The quantitative estimate of drug-likeness (QED) is 0.613. The number of aliphatic hydroxyl groups is 2. The topological polar surface area (TPSA) is 78.8 Å². The number of hydrogen-bond acceptors (Lipinski definition) is 4. The van der Waals surface area contributed by atoms with Crippen molar-refractivity contribution in [3.05, 3.63) is 0 Å². The molecule has 0 aromatic carbocycles. The molecule has 1 fully saturated rings. The van der Waals surface area contributed by atoms with Crippen molar-refractivity contribution >= 4 is 5.91 Å². The second-order valence-corrected chi connectivity index (χ2v) is 4.27. The fourth-order valence-corrected chi connectivity index (χ4v) is 1.76. The van der Waals surface area contributed by atoms with Gasteiger partial charge in [-0.3, -0.25) is 4.79 Å². The number of rotatable bonds is 1. The van der Waals surface area contributed by atoms with Crippen molar-refractivity contribution in [3.63, 3.8) is 0 Å². The van der Waals surface area contributed by atoms with Crippen molar-refractivity contribution in [2.24, 2.45) is 0 Å². The first-order valence-corrected chi connectivity index (χ1v) is 4.99. The maximum Gasteiger partial charge on any atom is 0.471 e. The molecule has 1 aliphatic heterocycles. The lowest BCUT2D eigenvalue weighted by molar-refractivity contribution is -0.269. The molecular weight excluding hydrogens is 243 g/mol. The van der Waals surface area contributed by atoms with Crippen molar-refractivity contribution in [2.75, 3.05) is 0 Å². The summed E-state index contributed by atoms with van der Waals surface area (Å²) in [5.41, 5.74) is 0. The van der Waals surface area contributed by atoms with Crippen LogP contribution in [-0.4, -0.2) is 46.3 Å². The minimum Gasteiger partial charge on any atom is -0.388 e. The Morgan fingerprint density at radius 1 is 1.53 bits per heavy atom. The summed E-state index contributed by atoms with van der Waals surface area (Å²) in [7, 11) is 0. The molecule has 4 atom stereocenters. The molecule has 1 heterocycles. The number of carbonyl (C=O) groups is 1. The molecule has 100 valence electrons. The molecule has 0 aromatic rings. The molecule has 0 radical (unpaired) electrons. The minimum atomic E-state index is -5.02. The fraction of sp³-hybridized carbons (Fsp3) is 0.889. The van der Waals surface area contributed by atoms with Crippen LogP contribution in [0.5, 0.6) is 0 Å². The van der Waals surface area contributed by atoms with Gasteiger partial charge in [-0.05, 0) is 13.8 Å². The Bertz CT molecular complexity index is 305. The van der Waals surface area contributed by atoms with Crippen LogP contribution in [0.1, 0.15) is 20.3 Å². The van der Waals surface area contributed by atoms with Crippen LogP contribution < -0.4 is 5.32 Å². The highest BCUT2D eigenvalue weighted by atomic mass is 19.4. The Morgan fingerprint density at radius 2 is 2.06 bits per heavy atom. The van der Waals surface area contributed by atoms with Gasteiger partial charge in [0.05, 0.1) is 12.1 Å². The van der Waals surface area contributed by atoms with Crippen LogP contribution in [0.2, 0.25) is 0 Å². The van der Waals surface area contributed by atoms with Crippen LogP contribution in [0.15, 0.2) is 0 Å². The zero-order valence-electron chi connectivity index (χ0n) is 9.28. The average Bonchev–Trinajstić information content (AvgIpc) is 2.10. The van der Waals surface area contributed by atoms with E-state index in [2.05, 4.69) is 0 Å². The molecule has 3 N–H and O–H groups in total. The van der Waals surface area contributed by atoms with Crippen molar-refractivity contribution < 1.29 is 32.9 Å².